The first-order chi connectivity index (χ1) is 8.28. The van der Waals surface area contributed by atoms with Crippen LogP contribution in [-0.2, 0) is 11.2 Å². The van der Waals surface area contributed by atoms with Crippen molar-refractivity contribution in [2.45, 2.75) is 19.5 Å². The van der Waals surface area contributed by atoms with E-state index in [-0.39, 0.29) is 24.5 Å². The number of carboxylic acid groups (broad SMARTS) is 1. The molecule has 0 amide bonds. The summed E-state index contributed by atoms with van der Waals surface area (Å²) in [6.45, 7) is 0.0147. The molecule has 1 rings (SSSR count). The minimum atomic E-state index is -4.38. The molecule has 0 aliphatic rings. The second kappa shape index (κ2) is 5.76. The van der Waals surface area contributed by atoms with Gasteiger partial charge in [-0.2, -0.15) is 13.2 Å². The molecular formula is C10H11F3N2O3. The van der Waals surface area contributed by atoms with Crippen molar-refractivity contribution in [1.82, 2.24) is 9.97 Å². The van der Waals surface area contributed by atoms with E-state index in [1.54, 1.807) is 6.92 Å². The predicted molar refractivity (Wildman–Crippen MR) is 54.3 cm³/mol. The molecule has 0 saturated carbocycles. The number of aromatic carboxylic acids is 1. The van der Waals surface area contributed by atoms with E-state index in [0.29, 0.717) is 5.69 Å². The van der Waals surface area contributed by atoms with Gasteiger partial charge in [-0.05, 0) is 13.0 Å². The Labute approximate surface area is 101 Å². The molecule has 0 aliphatic heterocycles. The average Bonchev–Trinajstić information content (AvgIpc) is 2.22. The Hall–Kier alpha value is -1.70. The molecule has 0 bridgehead atoms. The summed E-state index contributed by atoms with van der Waals surface area (Å²) in [5.74, 6) is -1.06. The zero-order valence-electron chi connectivity index (χ0n) is 9.49. The topological polar surface area (TPSA) is 72.3 Å². The molecule has 1 aromatic rings. The largest absolute Gasteiger partial charge is 0.477 e. The van der Waals surface area contributed by atoms with Crippen molar-refractivity contribution < 1.29 is 27.8 Å². The fraction of sp³-hybridized carbons (Fsp3) is 0.500. The van der Waals surface area contributed by atoms with E-state index in [4.69, 9.17) is 5.11 Å². The number of ether oxygens (including phenoxy) is 1. The van der Waals surface area contributed by atoms with Gasteiger partial charge in [0.25, 0.3) is 0 Å². The van der Waals surface area contributed by atoms with Gasteiger partial charge in [-0.25, -0.2) is 14.8 Å². The maximum Gasteiger partial charge on any atom is 0.411 e. The van der Waals surface area contributed by atoms with Crippen LogP contribution in [-0.4, -0.2) is 40.4 Å². The van der Waals surface area contributed by atoms with Crippen LogP contribution in [0.25, 0.3) is 0 Å². The average molecular weight is 264 g/mol. The van der Waals surface area contributed by atoms with Gasteiger partial charge in [-0.1, -0.05) is 0 Å². The quantitative estimate of drug-likeness (QED) is 0.818. The number of carboxylic acids is 1. The van der Waals surface area contributed by atoms with E-state index < -0.39 is 18.8 Å². The van der Waals surface area contributed by atoms with E-state index in [1.807, 2.05) is 0 Å². The monoisotopic (exact) mass is 264 g/mol. The molecule has 1 aromatic heterocycles. The molecule has 0 aliphatic carbocycles. The summed E-state index contributed by atoms with van der Waals surface area (Å²) in [4.78, 5) is 18.3. The smallest absolute Gasteiger partial charge is 0.411 e. The fourth-order valence-corrected chi connectivity index (χ4v) is 1.20. The molecule has 0 radical (unpaired) electrons. The minimum absolute atomic E-state index is 0.0258. The lowest BCUT2D eigenvalue weighted by Crippen LogP contribution is -2.18. The third kappa shape index (κ3) is 5.09. The maximum absolute atomic E-state index is 11.8. The number of alkyl halides is 3. The molecule has 8 heteroatoms. The summed E-state index contributed by atoms with van der Waals surface area (Å²) < 4.78 is 39.7. The highest BCUT2D eigenvalue weighted by Gasteiger charge is 2.27. The molecule has 0 atom stereocenters. The van der Waals surface area contributed by atoms with Crippen molar-refractivity contribution in [1.29, 1.82) is 0 Å². The standard InChI is InChI=1S/C10H11F3N2O3/c1-6-4-7(9(16)17)15-8(14-6)2-3-18-5-10(11,12)13/h4H,2-3,5H2,1H3,(H,16,17). The van der Waals surface area contributed by atoms with E-state index in [0.717, 1.165) is 0 Å². The number of carbonyl (C=O) groups is 1. The maximum atomic E-state index is 11.8. The zero-order chi connectivity index (χ0) is 13.8. The zero-order valence-corrected chi connectivity index (χ0v) is 9.49. The molecule has 5 nitrogen and oxygen atoms in total. The lowest BCUT2D eigenvalue weighted by atomic mass is 10.3. The van der Waals surface area contributed by atoms with Gasteiger partial charge < -0.3 is 9.84 Å². The van der Waals surface area contributed by atoms with Crippen molar-refractivity contribution in [3.05, 3.63) is 23.3 Å². The Morgan fingerprint density at radius 1 is 1.44 bits per heavy atom. The summed E-state index contributed by atoms with van der Waals surface area (Å²) in [7, 11) is 0. The number of halogens is 3. The van der Waals surface area contributed by atoms with Gasteiger partial charge in [0.05, 0.1) is 6.61 Å². The summed E-state index contributed by atoms with van der Waals surface area (Å²) in [6, 6.07) is 1.28. The van der Waals surface area contributed by atoms with Crippen LogP contribution in [0.3, 0.4) is 0 Å². The van der Waals surface area contributed by atoms with Crippen LogP contribution in [0, 0.1) is 6.92 Å². The highest BCUT2D eigenvalue weighted by Crippen LogP contribution is 2.14. The van der Waals surface area contributed by atoms with Crippen LogP contribution in [0.5, 0.6) is 0 Å². The van der Waals surface area contributed by atoms with Gasteiger partial charge in [0, 0.05) is 12.1 Å². The highest BCUT2D eigenvalue weighted by molar-refractivity contribution is 5.85. The number of hydrogen-bond acceptors (Lipinski definition) is 4. The van der Waals surface area contributed by atoms with Gasteiger partial charge >= 0.3 is 12.1 Å². The van der Waals surface area contributed by atoms with Gasteiger partial charge in [-0.3, -0.25) is 0 Å². The first-order valence-corrected chi connectivity index (χ1v) is 5.00. The van der Waals surface area contributed by atoms with E-state index in [1.165, 1.54) is 6.07 Å². The number of hydrogen-bond donors (Lipinski definition) is 1. The molecule has 0 fully saturated rings. The molecule has 1 heterocycles. The van der Waals surface area contributed by atoms with Gasteiger partial charge in [-0.15, -0.1) is 0 Å². The third-order valence-corrected chi connectivity index (χ3v) is 1.86. The Balaban J connectivity index is 2.55. The molecule has 18 heavy (non-hydrogen) atoms. The van der Waals surface area contributed by atoms with Gasteiger partial charge in [0.2, 0.25) is 0 Å². The number of rotatable bonds is 5. The van der Waals surface area contributed by atoms with Crippen LogP contribution in [0.15, 0.2) is 6.07 Å². The Morgan fingerprint density at radius 3 is 2.67 bits per heavy atom. The van der Waals surface area contributed by atoms with E-state index in [2.05, 4.69) is 14.7 Å². The molecule has 0 unspecified atom stereocenters. The van der Waals surface area contributed by atoms with E-state index >= 15 is 0 Å². The number of aromatic nitrogens is 2. The number of nitrogens with zero attached hydrogens (tertiary/aromatic N) is 2. The van der Waals surface area contributed by atoms with Crippen LogP contribution < -0.4 is 0 Å². The number of aryl methyl sites for hydroxylation is 1. The predicted octanol–water partition coefficient (Wildman–Crippen LogP) is 1.60. The van der Waals surface area contributed by atoms with Gasteiger partial charge in [0.15, 0.2) is 5.69 Å². The minimum Gasteiger partial charge on any atom is -0.477 e. The molecule has 100 valence electrons. The first-order valence-electron chi connectivity index (χ1n) is 5.00. The van der Waals surface area contributed by atoms with Crippen molar-refractivity contribution in [2.24, 2.45) is 0 Å². The highest BCUT2D eigenvalue weighted by atomic mass is 19.4. The lowest BCUT2D eigenvalue weighted by Gasteiger charge is -2.07. The molecule has 0 saturated heterocycles. The Kier molecular flexibility index (Phi) is 4.60. The fourth-order valence-electron chi connectivity index (χ4n) is 1.20. The SMILES string of the molecule is Cc1cc(C(=O)O)nc(CCOCC(F)(F)F)n1. The molecule has 0 aromatic carbocycles. The van der Waals surface area contributed by atoms with Crippen LogP contribution in [0.2, 0.25) is 0 Å². The molecular weight excluding hydrogens is 253 g/mol. The van der Waals surface area contributed by atoms with Crippen LogP contribution in [0.1, 0.15) is 22.0 Å². The summed E-state index contributed by atoms with van der Waals surface area (Å²) in [5.41, 5.74) is 0.251. The normalized spacial score (nSPS) is 11.6. The van der Waals surface area contributed by atoms with Gasteiger partial charge in [0.1, 0.15) is 12.4 Å². The lowest BCUT2D eigenvalue weighted by molar-refractivity contribution is -0.173. The summed E-state index contributed by atoms with van der Waals surface area (Å²) in [6.07, 6.45) is -4.35. The molecule has 0 spiro atoms. The summed E-state index contributed by atoms with van der Waals surface area (Å²) >= 11 is 0. The Morgan fingerprint density at radius 2 is 2.11 bits per heavy atom. The molecule has 1 N–H and O–H groups in total. The van der Waals surface area contributed by atoms with Crippen LogP contribution >= 0.6 is 0 Å². The third-order valence-electron chi connectivity index (χ3n) is 1.86. The Bertz CT molecular complexity index is 435. The first kappa shape index (κ1) is 14.4. The van der Waals surface area contributed by atoms with Crippen molar-refractivity contribution in [3.8, 4) is 0 Å². The van der Waals surface area contributed by atoms with Crippen LogP contribution in [0.4, 0.5) is 13.2 Å². The second-order valence-corrected chi connectivity index (χ2v) is 3.53. The van der Waals surface area contributed by atoms with E-state index in [9.17, 15) is 18.0 Å². The second-order valence-electron chi connectivity index (χ2n) is 3.53. The van der Waals surface area contributed by atoms with Crippen molar-refractivity contribution >= 4 is 5.97 Å². The summed E-state index contributed by atoms with van der Waals surface area (Å²) in [5, 5.41) is 8.74. The van der Waals surface area contributed by atoms with Crippen molar-refractivity contribution in [2.75, 3.05) is 13.2 Å². The van der Waals surface area contributed by atoms with Crippen molar-refractivity contribution in [3.63, 3.8) is 0 Å².